The number of piperidine rings is 1. The fourth-order valence-corrected chi connectivity index (χ4v) is 2.51. The summed E-state index contributed by atoms with van der Waals surface area (Å²) in [4.78, 5) is 5.74. The van der Waals surface area contributed by atoms with E-state index in [1.807, 2.05) is 11.9 Å². The molecule has 1 fully saturated rings. The molecule has 7 heteroatoms. The zero-order chi connectivity index (χ0) is 14.0. The van der Waals surface area contributed by atoms with Crippen molar-refractivity contribution < 1.29 is 13.2 Å². The van der Waals surface area contributed by atoms with Crippen LogP contribution in [-0.4, -0.2) is 31.2 Å². The van der Waals surface area contributed by atoms with Crippen LogP contribution < -0.4 is 10.2 Å². The molecule has 0 spiro atoms. The quantitative estimate of drug-likeness (QED) is 0.909. The minimum atomic E-state index is -4.41. The third kappa shape index (κ3) is 3.30. The summed E-state index contributed by atoms with van der Waals surface area (Å²) in [6.45, 7) is 1.79. The first-order valence-corrected chi connectivity index (χ1v) is 6.43. The Morgan fingerprint density at radius 1 is 1.37 bits per heavy atom. The van der Waals surface area contributed by atoms with E-state index in [1.54, 1.807) is 0 Å². The number of anilines is 1. The van der Waals surface area contributed by atoms with Crippen molar-refractivity contribution >= 4 is 17.4 Å². The summed E-state index contributed by atoms with van der Waals surface area (Å²) in [7, 11) is 1.82. The molecule has 2 heterocycles. The normalized spacial score (nSPS) is 17.5. The molecule has 3 nitrogen and oxygen atoms in total. The Kier molecular flexibility index (Phi) is 4.20. The molecular formula is C12H15ClF3N3. The van der Waals surface area contributed by atoms with Crippen molar-refractivity contribution in [3.63, 3.8) is 0 Å². The minimum absolute atomic E-state index is 0.0378. The van der Waals surface area contributed by atoms with Crippen molar-refractivity contribution in [3.8, 4) is 0 Å². The molecule has 0 bridgehead atoms. The molecule has 1 aliphatic rings. The highest BCUT2D eigenvalue weighted by Crippen LogP contribution is 2.34. The summed E-state index contributed by atoms with van der Waals surface area (Å²) in [5.41, 5.74) is -0.819. The standard InChI is InChI=1S/C12H15ClF3N3/c1-19(9-2-4-17-5-3-9)11-10(13)6-8(7-18-11)12(14,15)16/h6-7,9,17H,2-5H2,1H3. The van der Waals surface area contributed by atoms with Crippen LogP contribution >= 0.6 is 11.6 Å². The molecule has 0 atom stereocenters. The van der Waals surface area contributed by atoms with Crippen LogP contribution in [0.3, 0.4) is 0 Å². The largest absolute Gasteiger partial charge is 0.417 e. The summed E-state index contributed by atoms with van der Waals surface area (Å²) in [6.07, 6.45) is -1.73. The van der Waals surface area contributed by atoms with Gasteiger partial charge in [-0.25, -0.2) is 4.98 Å². The Bertz CT molecular complexity index is 444. The molecule has 19 heavy (non-hydrogen) atoms. The maximum Gasteiger partial charge on any atom is 0.417 e. The first-order chi connectivity index (χ1) is 8.89. The second kappa shape index (κ2) is 5.54. The zero-order valence-corrected chi connectivity index (χ0v) is 11.2. The van der Waals surface area contributed by atoms with E-state index in [-0.39, 0.29) is 11.1 Å². The summed E-state index contributed by atoms with van der Waals surface area (Å²) in [5.74, 6) is 0.404. The van der Waals surface area contributed by atoms with E-state index in [0.29, 0.717) is 5.82 Å². The van der Waals surface area contributed by atoms with Crippen LogP contribution in [0.1, 0.15) is 18.4 Å². The van der Waals surface area contributed by atoms with Crippen molar-refractivity contribution in [2.75, 3.05) is 25.0 Å². The van der Waals surface area contributed by atoms with E-state index in [9.17, 15) is 13.2 Å². The Hall–Kier alpha value is -1.01. The van der Waals surface area contributed by atoms with Crippen LogP contribution in [0.5, 0.6) is 0 Å². The third-order valence-electron chi connectivity index (χ3n) is 3.34. The molecule has 0 saturated carbocycles. The van der Waals surface area contributed by atoms with Crippen molar-refractivity contribution in [2.45, 2.75) is 25.1 Å². The van der Waals surface area contributed by atoms with Gasteiger partial charge in [0.2, 0.25) is 0 Å². The maximum absolute atomic E-state index is 12.5. The lowest BCUT2D eigenvalue weighted by molar-refractivity contribution is -0.137. The molecule has 1 aromatic rings. The SMILES string of the molecule is CN(c1ncc(C(F)(F)F)cc1Cl)C1CCNCC1. The lowest BCUT2D eigenvalue weighted by Crippen LogP contribution is -2.41. The average molecular weight is 294 g/mol. The van der Waals surface area contributed by atoms with Crippen molar-refractivity contribution in [3.05, 3.63) is 22.8 Å². The predicted octanol–water partition coefficient (Wildman–Crippen LogP) is 2.94. The predicted molar refractivity (Wildman–Crippen MR) is 68.5 cm³/mol. The molecule has 106 valence electrons. The zero-order valence-electron chi connectivity index (χ0n) is 10.5. The summed E-state index contributed by atoms with van der Waals surface area (Å²) in [6, 6.07) is 1.18. The number of nitrogens with one attached hydrogen (secondary N) is 1. The van der Waals surface area contributed by atoms with Gasteiger partial charge < -0.3 is 10.2 Å². The first-order valence-electron chi connectivity index (χ1n) is 6.06. The van der Waals surface area contributed by atoms with Gasteiger partial charge in [-0.15, -0.1) is 0 Å². The number of nitrogens with zero attached hydrogens (tertiary/aromatic N) is 2. The van der Waals surface area contributed by atoms with E-state index in [1.165, 1.54) is 0 Å². The molecule has 0 radical (unpaired) electrons. The topological polar surface area (TPSA) is 28.2 Å². The van der Waals surface area contributed by atoms with Gasteiger partial charge in [-0.05, 0) is 32.0 Å². The molecule has 2 rings (SSSR count). The third-order valence-corrected chi connectivity index (χ3v) is 3.62. The van der Waals surface area contributed by atoms with Crippen molar-refractivity contribution in [1.29, 1.82) is 0 Å². The van der Waals surface area contributed by atoms with E-state index >= 15 is 0 Å². The smallest absolute Gasteiger partial charge is 0.355 e. The Morgan fingerprint density at radius 3 is 2.53 bits per heavy atom. The molecular weight excluding hydrogens is 279 g/mol. The number of pyridine rings is 1. The van der Waals surface area contributed by atoms with Gasteiger partial charge in [0.25, 0.3) is 0 Å². The second-order valence-corrected chi connectivity index (χ2v) is 5.03. The average Bonchev–Trinajstić information content (AvgIpc) is 2.38. The summed E-state index contributed by atoms with van der Waals surface area (Å²) >= 11 is 5.93. The monoisotopic (exact) mass is 293 g/mol. The lowest BCUT2D eigenvalue weighted by atomic mass is 10.1. The Labute approximate surface area is 114 Å². The van der Waals surface area contributed by atoms with Crippen molar-refractivity contribution in [1.82, 2.24) is 10.3 Å². The lowest BCUT2D eigenvalue weighted by Gasteiger charge is -2.33. The number of halogens is 4. The number of alkyl halides is 3. The molecule has 0 amide bonds. The molecule has 1 aromatic heterocycles. The highest BCUT2D eigenvalue weighted by Gasteiger charge is 2.32. The maximum atomic E-state index is 12.5. The molecule has 1 N–H and O–H groups in total. The fraction of sp³-hybridized carbons (Fsp3) is 0.583. The van der Waals surface area contributed by atoms with E-state index in [4.69, 9.17) is 11.6 Å². The van der Waals surface area contributed by atoms with Crippen molar-refractivity contribution in [2.24, 2.45) is 0 Å². The van der Waals surface area contributed by atoms with Crippen LogP contribution in [0, 0.1) is 0 Å². The highest BCUT2D eigenvalue weighted by molar-refractivity contribution is 6.33. The van der Waals surface area contributed by atoms with Gasteiger partial charge in [0, 0.05) is 19.3 Å². The molecule has 1 aliphatic heterocycles. The number of hydrogen-bond acceptors (Lipinski definition) is 3. The Balaban J connectivity index is 2.20. The number of rotatable bonds is 2. The van der Waals surface area contributed by atoms with Crippen LogP contribution in [0.4, 0.5) is 19.0 Å². The van der Waals surface area contributed by atoms with E-state index < -0.39 is 11.7 Å². The minimum Gasteiger partial charge on any atom is -0.355 e. The van der Waals surface area contributed by atoms with E-state index in [0.717, 1.165) is 38.2 Å². The number of hydrogen-bond donors (Lipinski definition) is 1. The second-order valence-electron chi connectivity index (χ2n) is 4.62. The van der Waals surface area contributed by atoms with Crippen LogP contribution in [0.2, 0.25) is 5.02 Å². The number of aromatic nitrogens is 1. The highest BCUT2D eigenvalue weighted by atomic mass is 35.5. The van der Waals surface area contributed by atoms with Gasteiger partial charge in [0.1, 0.15) is 5.82 Å². The summed E-state index contributed by atoms with van der Waals surface area (Å²) < 4.78 is 37.6. The molecule has 1 saturated heterocycles. The van der Waals surface area contributed by atoms with Gasteiger partial charge >= 0.3 is 6.18 Å². The van der Waals surface area contributed by atoms with Gasteiger partial charge in [0.15, 0.2) is 0 Å². The van der Waals surface area contributed by atoms with Crippen LogP contribution in [0.25, 0.3) is 0 Å². The van der Waals surface area contributed by atoms with Gasteiger partial charge in [0.05, 0.1) is 10.6 Å². The first kappa shape index (κ1) is 14.4. The molecule has 0 unspecified atom stereocenters. The molecule has 0 aliphatic carbocycles. The van der Waals surface area contributed by atoms with Gasteiger partial charge in [-0.1, -0.05) is 11.6 Å². The Morgan fingerprint density at radius 2 is 2.00 bits per heavy atom. The summed E-state index contributed by atoms with van der Waals surface area (Å²) in [5, 5.41) is 3.27. The van der Waals surface area contributed by atoms with E-state index in [2.05, 4.69) is 10.3 Å². The van der Waals surface area contributed by atoms with Gasteiger partial charge in [-0.2, -0.15) is 13.2 Å². The molecule has 0 aromatic carbocycles. The van der Waals surface area contributed by atoms with Crippen LogP contribution in [-0.2, 0) is 6.18 Å². The van der Waals surface area contributed by atoms with Crippen LogP contribution in [0.15, 0.2) is 12.3 Å². The fourth-order valence-electron chi connectivity index (χ4n) is 2.21. The van der Waals surface area contributed by atoms with Gasteiger partial charge in [-0.3, -0.25) is 0 Å².